The molecule has 0 spiro atoms. The van der Waals surface area contributed by atoms with E-state index in [1.807, 2.05) is 10.8 Å². The number of nitro benzene ring substituents is 1. The Bertz CT molecular complexity index is 634. The topological polar surface area (TPSA) is 89.1 Å². The number of benzene rings is 1. The predicted octanol–water partition coefficient (Wildman–Crippen LogP) is 1.94. The molecule has 1 N–H and O–H groups in total. The molecule has 0 bridgehead atoms. The maximum atomic E-state index is 11.2. The van der Waals surface area contributed by atoms with Crippen LogP contribution in [0.4, 0.5) is 11.4 Å². The zero-order valence-electron chi connectivity index (χ0n) is 9.45. The van der Waals surface area contributed by atoms with Crippen LogP contribution in [0.2, 0.25) is 0 Å². The smallest absolute Gasteiger partial charge is 0.278 e. The summed E-state index contributed by atoms with van der Waals surface area (Å²) in [5, 5.41) is 18.6. The van der Waals surface area contributed by atoms with E-state index in [4.69, 9.17) is 0 Å². The SMILES string of the molecule is O=[N+]([O-])c1cc(-n2cnnc2)cc2c1CNN2PI. The van der Waals surface area contributed by atoms with Crippen molar-refractivity contribution in [3.63, 3.8) is 0 Å². The van der Waals surface area contributed by atoms with E-state index in [2.05, 4.69) is 37.7 Å². The number of nitrogens with zero attached hydrogens (tertiary/aromatic N) is 5. The van der Waals surface area contributed by atoms with E-state index < -0.39 is 0 Å². The van der Waals surface area contributed by atoms with E-state index in [1.165, 1.54) is 12.7 Å². The molecule has 8 nitrogen and oxygen atoms in total. The highest BCUT2D eigenvalue weighted by Gasteiger charge is 2.28. The Morgan fingerprint density at radius 3 is 2.79 bits per heavy atom. The minimum atomic E-state index is -0.353. The molecule has 98 valence electrons. The Hall–Kier alpha value is -1.32. The molecule has 0 radical (unpaired) electrons. The molecule has 2 aromatic rings. The second-order valence-corrected chi connectivity index (χ2v) is 5.91. The van der Waals surface area contributed by atoms with Crippen molar-refractivity contribution < 1.29 is 4.92 Å². The molecular formula is C9H8IN6O2P. The van der Waals surface area contributed by atoms with Crippen LogP contribution in [-0.4, -0.2) is 19.7 Å². The lowest BCUT2D eigenvalue weighted by atomic mass is 10.1. The van der Waals surface area contributed by atoms with Gasteiger partial charge in [0.2, 0.25) is 0 Å². The summed E-state index contributed by atoms with van der Waals surface area (Å²) in [6.45, 7) is 0.476. The van der Waals surface area contributed by atoms with Crippen molar-refractivity contribution in [3.8, 4) is 5.69 Å². The van der Waals surface area contributed by atoms with Gasteiger partial charge in [-0.2, -0.15) is 0 Å². The van der Waals surface area contributed by atoms with Crippen LogP contribution >= 0.6 is 28.4 Å². The van der Waals surface area contributed by atoms with Crippen molar-refractivity contribution >= 4 is 39.8 Å². The number of nitro groups is 1. The van der Waals surface area contributed by atoms with Crippen LogP contribution in [0, 0.1) is 10.1 Å². The molecule has 1 atom stereocenters. The molecule has 10 heteroatoms. The van der Waals surface area contributed by atoms with E-state index in [0.717, 1.165) is 5.69 Å². The third-order valence-corrected chi connectivity index (χ3v) is 4.86. The minimum Gasteiger partial charge on any atom is -0.288 e. The summed E-state index contributed by atoms with van der Waals surface area (Å²) in [6, 6.07) is 3.45. The molecule has 2 heterocycles. The first kappa shape index (κ1) is 12.7. The molecule has 0 fully saturated rings. The number of hydrogen-bond acceptors (Lipinski definition) is 6. The molecule has 1 unspecified atom stereocenters. The number of hydrogen-bond donors (Lipinski definition) is 1. The van der Waals surface area contributed by atoms with Crippen LogP contribution in [-0.2, 0) is 6.54 Å². The van der Waals surface area contributed by atoms with E-state index in [9.17, 15) is 10.1 Å². The maximum Gasteiger partial charge on any atom is 0.278 e. The summed E-state index contributed by atoms with van der Waals surface area (Å²) in [6.07, 6.45) is 3.50. The fourth-order valence-electron chi connectivity index (χ4n) is 1.97. The Morgan fingerprint density at radius 1 is 1.42 bits per heavy atom. The predicted molar refractivity (Wildman–Crippen MR) is 79.7 cm³/mol. The molecule has 3 rings (SSSR count). The summed E-state index contributed by atoms with van der Waals surface area (Å²) in [5.41, 5.74) is 5.48. The molecule has 0 aliphatic carbocycles. The second-order valence-electron chi connectivity index (χ2n) is 3.84. The lowest BCUT2D eigenvalue weighted by Crippen LogP contribution is -2.21. The molecule has 0 saturated heterocycles. The molecule has 1 aliphatic heterocycles. The molecule has 19 heavy (non-hydrogen) atoms. The summed E-state index contributed by atoms with van der Waals surface area (Å²) in [4.78, 5) is 10.8. The third kappa shape index (κ3) is 2.17. The largest absolute Gasteiger partial charge is 0.288 e. The van der Waals surface area contributed by atoms with Gasteiger partial charge in [0.05, 0.1) is 28.2 Å². The average molecular weight is 390 g/mol. The minimum absolute atomic E-state index is 0.117. The van der Waals surface area contributed by atoms with E-state index in [0.29, 0.717) is 24.2 Å². The Morgan fingerprint density at radius 2 is 2.16 bits per heavy atom. The zero-order valence-corrected chi connectivity index (χ0v) is 12.6. The van der Waals surface area contributed by atoms with Gasteiger partial charge in [-0.1, -0.05) is 0 Å². The van der Waals surface area contributed by atoms with Gasteiger partial charge in [0.25, 0.3) is 5.69 Å². The summed E-state index contributed by atoms with van der Waals surface area (Å²) < 4.78 is 3.57. The number of halogens is 1. The Kier molecular flexibility index (Phi) is 3.33. The van der Waals surface area contributed by atoms with Crippen LogP contribution in [0.15, 0.2) is 24.8 Å². The van der Waals surface area contributed by atoms with Gasteiger partial charge in [-0.3, -0.25) is 19.5 Å². The maximum absolute atomic E-state index is 11.2. The zero-order chi connectivity index (χ0) is 13.4. The quantitative estimate of drug-likeness (QED) is 0.373. The van der Waals surface area contributed by atoms with Crippen molar-refractivity contribution in [2.45, 2.75) is 6.54 Å². The fraction of sp³-hybridized carbons (Fsp3) is 0.111. The molecular weight excluding hydrogens is 382 g/mol. The highest BCUT2D eigenvalue weighted by molar-refractivity contribution is 14.2. The molecule has 0 amide bonds. The van der Waals surface area contributed by atoms with Crippen LogP contribution in [0.5, 0.6) is 0 Å². The van der Waals surface area contributed by atoms with Gasteiger partial charge in [0, 0.05) is 12.6 Å². The van der Waals surface area contributed by atoms with Crippen LogP contribution in [0.25, 0.3) is 5.69 Å². The van der Waals surface area contributed by atoms with Crippen molar-refractivity contribution in [2.75, 3.05) is 4.78 Å². The van der Waals surface area contributed by atoms with Crippen LogP contribution < -0.4 is 10.2 Å². The number of nitrogens with one attached hydrogen (secondary N) is 1. The summed E-state index contributed by atoms with van der Waals surface area (Å²) in [7, 11) is 0. The number of aromatic nitrogens is 3. The fourth-order valence-corrected chi connectivity index (χ4v) is 3.69. The normalized spacial score (nSPS) is 14.3. The van der Waals surface area contributed by atoms with E-state index in [-0.39, 0.29) is 10.6 Å². The average Bonchev–Trinajstić information content (AvgIpc) is 3.06. The lowest BCUT2D eigenvalue weighted by molar-refractivity contribution is -0.385. The highest BCUT2D eigenvalue weighted by atomic mass is 127. The molecule has 1 aliphatic rings. The lowest BCUT2D eigenvalue weighted by Gasteiger charge is -2.15. The van der Waals surface area contributed by atoms with E-state index in [1.54, 1.807) is 10.6 Å². The molecule has 0 saturated carbocycles. The highest BCUT2D eigenvalue weighted by Crippen LogP contribution is 2.42. The standard InChI is InChI=1S/C9H8IN6O2P/c10-19-15-8-1-6(14-4-11-12-5-14)2-9(16(17)18)7(8)3-13-15/h1-2,4-5,13,19H,3H2. The monoisotopic (exact) mass is 390 g/mol. The van der Waals surface area contributed by atoms with Gasteiger partial charge in [-0.15, -0.1) is 10.2 Å². The number of rotatable bonds is 3. The summed E-state index contributed by atoms with van der Waals surface area (Å²) in [5.74, 6) is 0. The Balaban J connectivity index is 2.19. The molecule has 1 aromatic heterocycles. The first-order chi connectivity index (χ1) is 9.20. The van der Waals surface area contributed by atoms with Gasteiger partial charge in [-0.25, -0.2) is 5.43 Å². The van der Waals surface area contributed by atoms with Crippen molar-refractivity contribution in [1.82, 2.24) is 20.2 Å². The van der Waals surface area contributed by atoms with Crippen molar-refractivity contribution in [3.05, 3.63) is 40.5 Å². The number of fused-ring (bicyclic) bond motifs is 1. The number of hydrazine groups is 1. The van der Waals surface area contributed by atoms with E-state index >= 15 is 0 Å². The first-order valence-corrected chi connectivity index (χ1v) is 9.33. The van der Waals surface area contributed by atoms with Gasteiger partial charge >= 0.3 is 0 Å². The van der Waals surface area contributed by atoms with Gasteiger partial charge in [0.1, 0.15) is 12.7 Å². The second kappa shape index (κ2) is 4.99. The Labute approximate surface area is 122 Å². The van der Waals surface area contributed by atoms with Gasteiger partial charge in [0.15, 0.2) is 0 Å². The number of anilines is 1. The van der Waals surface area contributed by atoms with Gasteiger partial charge < -0.3 is 0 Å². The van der Waals surface area contributed by atoms with Gasteiger partial charge in [-0.05, 0) is 28.1 Å². The van der Waals surface area contributed by atoms with Crippen LogP contribution in [0.3, 0.4) is 0 Å². The third-order valence-electron chi connectivity index (χ3n) is 2.84. The molecule has 1 aromatic carbocycles. The van der Waals surface area contributed by atoms with Crippen molar-refractivity contribution in [2.24, 2.45) is 0 Å². The first-order valence-electron chi connectivity index (χ1n) is 5.27. The summed E-state index contributed by atoms with van der Waals surface area (Å²) >= 11 is 2.23. The van der Waals surface area contributed by atoms with Crippen LogP contribution in [0.1, 0.15) is 5.56 Å². The van der Waals surface area contributed by atoms with Crippen molar-refractivity contribution in [1.29, 1.82) is 0 Å².